The van der Waals surface area contributed by atoms with Crippen LogP contribution in [0.25, 0.3) is 10.2 Å². The molecule has 20 heavy (non-hydrogen) atoms. The quantitative estimate of drug-likeness (QED) is 0.939. The molecule has 106 valence electrons. The van der Waals surface area contributed by atoms with E-state index in [2.05, 4.69) is 27.9 Å². The summed E-state index contributed by atoms with van der Waals surface area (Å²) in [6.45, 7) is 2.89. The Morgan fingerprint density at radius 3 is 3.20 bits per heavy atom. The molecule has 0 bridgehead atoms. The third kappa shape index (κ3) is 2.60. The van der Waals surface area contributed by atoms with E-state index in [1.54, 1.807) is 17.7 Å². The van der Waals surface area contributed by atoms with Crippen molar-refractivity contribution < 1.29 is 9.90 Å². The first-order chi connectivity index (χ1) is 9.65. The minimum Gasteiger partial charge on any atom is -0.481 e. The number of fused-ring (bicyclic) bond motifs is 1. The molecule has 7 heteroatoms. The molecule has 1 aliphatic rings. The monoisotopic (exact) mass is 309 g/mol. The summed E-state index contributed by atoms with van der Waals surface area (Å²) in [6.07, 6.45) is 1.73. The maximum Gasteiger partial charge on any atom is 0.305 e. The minimum absolute atomic E-state index is 0.00422. The van der Waals surface area contributed by atoms with Gasteiger partial charge in [0.05, 0.1) is 11.8 Å². The maximum absolute atomic E-state index is 11.0. The van der Waals surface area contributed by atoms with E-state index in [1.165, 1.54) is 4.88 Å². The van der Waals surface area contributed by atoms with Gasteiger partial charge in [-0.2, -0.15) is 11.8 Å². The van der Waals surface area contributed by atoms with Crippen LogP contribution in [0.4, 0.5) is 5.82 Å². The van der Waals surface area contributed by atoms with Gasteiger partial charge in [-0.3, -0.25) is 4.79 Å². The Morgan fingerprint density at radius 1 is 1.55 bits per heavy atom. The summed E-state index contributed by atoms with van der Waals surface area (Å²) >= 11 is 3.45. The number of carboxylic acids is 1. The van der Waals surface area contributed by atoms with Crippen LogP contribution in [0.15, 0.2) is 12.4 Å². The van der Waals surface area contributed by atoms with Gasteiger partial charge in [-0.1, -0.05) is 0 Å². The summed E-state index contributed by atoms with van der Waals surface area (Å²) in [7, 11) is 0. The van der Waals surface area contributed by atoms with Crippen molar-refractivity contribution in [3.8, 4) is 0 Å². The number of hydrogen-bond acceptors (Lipinski definition) is 6. The molecule has 1 saturated heterocycles. The van der Waals surface area contributed by atoms with Crippen LogP contribution in [-0.2, 0) is 4.79 Å². The fourth-order valence-corrected chi connectivity index (χ4v) is 4.40. The Balaban J connectivity index is 2.00. The second kappa shape index (κ2) is 5.57. The third-order valence-corrected chi connectivity index (χ3v) is 5.39. The lowest BCUT2D eigenvalue weighted by molar-refractivity contribution is -0.137. The number of aromatic nitrogens is 2. The van der Waals surface area contributed by atoms with E-state index in [4.69, 9.17) is 5.11 Å². The number of carboxylic acid groups (broad SMARTS) is 1. The maximum atomic E-state index is 11.0. The van der Waals surface area contributed by atoms with Crippen molar-refractivity contribution in [3.63, 3.8) is 0 Å². The van der Waals surface area contributed by atoms with Gasteiger partial charge in [-0.05, 0) is 13.0 Å². The van der Waals surface area contributed by atoms with Crippen LogP contribution in [0, 0.1) is 6.92 Å². The number of thiophene rings is 1. The molecular formula is C13H15N3O2S2. The highest BCUT2D eigenvalue weighted by Crippen LogP contribution is 2.33. The van der Waals surface area contributed by atoms with Crippen molar-refractivity contribution in [2.75, 3.05) is 23.0 Å². The largest absolute Gasteiger partial charge is 0.481 e. The molecule has 5 nitrogen and oxygen atoms in total. The first-order valence-electron chi connectivity index (χ1n) is 6.42. The molecule has 0 spiro atoms. The van der Waals surface area contributed by atoms with E-state index < -0.39 is 5.97 Å². The molecule has 0 amide bonds. The standard InChI is InChI=1S/C13H15N3O2S2/c1-8-4-10-12(14-7-15-13(10)20-8)16-2-3-19-6-9(16)5-11(17)18/h4,7,9H,2-3,5-6H2,1H3,(H,17,18). The smallest absolute Gasteiger partial charge is 0.305 e. The lowest BCUT2D eigenvalue weighted by Gasteiger charge is -2.35. The SMILES string of the molecule is Cc1cc2c(N3CCSCC3CC(=O)O)ncnc2s1. The zero-order chi connectivity index (χ0) is 14.1. The lowest BCUT2D eigenvalue weighted by atomic mass is 10.2. The summed E-state index contributed by atoms with van der Waals surface area (Å²) < 4.78 is 0. The van der Waals surface area contributed by atoms with Crippen molar-refractivity contribution in [2.24, 2.45) is 0 Å². The third-order valence-electron chi connectivity index (χ3n) is 3.34. The molecule has 0 radical (unpaired) electrons. The number of carbonyl (C=O) groups is 1. The van der Waals surface area contributed by atoms with Gasteiger partial charge in [-0.15, -0.1) is 11.3 Å². The molecule has 1 atom stereocenters. The van der Waals surface area contributed by atoms with Crippen molar-refractivity contribution in [1.29, 1.82) is 0 Å². The lowest BCUT2D eigenvalue weighted by Crippen LogP contribution is -2.44. The zero-order valence-corrected chi connectivity index (χ0v) is 12.7. The molecule has 3 heterocycles. The number of nitrogens with zero attached hydrogens (tertiary/aromatic N) is 3. The van der Waals surface area contributed by atoms with Crippen molar-refractivity contribution >= 4 is 45.1 Å². The van der Waals surface area contributed by atoms with Gasteiger partial charge in [0.25, 0.3) is 0 Å². The van der Waals surface area contributed by atoms with Crippen LogP contribution in [0.1, 0.15) is 11.3 Å². The van der Waals surface area contributed by atoms with E-state index in [0.29, 0.717) is 0 Å². The highest BCUT2D eigenvalue weighted by Gasteiger charge is 2.27. The molecule has 0 aromatic carbocycles. The number of hydrogen-bond donors (Lipinski definition) is 1. The topological polar surface area (TPSA) is 66.3 Å². The fraction of sp³-hybridized carbons (Fsp3) is 0.462. The van der Waals surface area contributed by atoms with Crippen LogP contribution in [0.3, 0.4) is 0 Å². The Kier molecular flexibility index (Phi) is 3.80. The van der Waals surface area contributed by atoms with E-state index in [9.17, 15) is 4.79 Å². The van der Waals surface area contributed by atoms with Gasteiger partial charge >= 0.3 is 5.97 Å². The molecule has 3 rings (SSSR count). The molecule has 0 saturated carbocycles. The molecule has 2 aromatic rings. The Bertz CT molecular complexity index is 644. The number of thioether (sulfide) groups is 1. The zero-order valence-electron chi connectivity index (χ0n) is 11.1. The molecular weight excluding hydrogens is 294 g/mol. The number of aliphatic carboxylic acids is 1. The first-order valence-corrected chi connectivity index (χ1v) is 8.39. The predicted molar refractivity (Wildman–Crippen MR) is 82.9 cm³/mol. The molecule has 2 aromatic heterocycles. The van der Waals surface area contributed by atoms with E-state index >= 15 is 0 Å². The Morgan fingerprint density at radius 2 is 2.40 bits per heavy atom. The molecule has 0 aliphatic carbocycles. The summed E-state index contributed by atoms with van der Waals surface area (Å²) in [4.78, 5) is 24.1. The van der Waals surface area contributed by atoms with Gasteiger partial charge < -0.3 is 10.0 Å². The second-order valence-corrected chi connectivity index (χ2v) is 7.18. The first kappa shape index (κ1) is 13.6. The minimum atomic E-state index is -0.755. The van der Waals surface area contributed by atoms with Crippen LogP contribution < -0.4 is 4.90 Å². The summed E-state index contributed by atoms with van der Waals surface area (Å²) in [5.41, 5.74) is 0. The van der Waals surface area contributed by atoms with Crippen LogP contribution in [0.5, 0.6) is 0 Å². The van der Waals surface area contributed by atoms with E-state index in [-0.39, 0.29) is 12.5 Å². The highest BCUT2D eigenvalue weighted by atomic mass is 32.2. The van der Waals surface area contributed by atoms with Crippen LogP contribution in [-0.4, -0.2) is 45.1 Å². The molecule has 1 fully saturated rings. The summed E-state index contributed by atoms with van der Waals surface area (Å²) in [5, 5.41) is 10.1. The molecule has 1 aliphatic heterocycles. The number of aryl methyl sites for hydroxylation is 1. The average molecular weight is 309 g/mol. The number of anilines is 1. The van der Waals surface area contributed by atoms with Crippen molar-refractivity contribution in [2.45, 2.75) is 19.4 Å². The van der Waals surface area contributed by atoms with Gasteiger partial charge in [-0.25, -0.2) is 9.97 Å². The van der Waals surface area contributed by atoms with E-state index in [1.807, 2.05) is 11.8 Å². The van der Waals surface area contributed by atoms with Gasteiger partial charge in [0.2, 0.25) is 0 Å². The van der Waals surface area contributed by atoms with Gasteiger partial charge in [0.15, 0.2) is 0 Å². The molecule has 1 unspecified atom stereocenters. The van der Waals surface area contributed by atoms with Crippen LogP contribution >= 0.6 is 23.1 Å². The Labute approximate surface area is 125 Å². The van der Waals surface area contributed by atoms with Crippen molar-refractivity contribution in [1.82, 2.24) is 9.97 Å². The fourth-order valence-electron chi connectivity index (χ4n) is 2.50. The van der Waals surface area contributed by atoms with Crippen molar-refractivity contribution in [3.05, 3.63) is 17.3 Å². The normalized spacial score (nSPS) is 19.4. The predicted octanol–water partition coefficient (Wildman–Crippen LogP) is 2.40. The average Bonchev–Trinajstić information content (AvgIpc) is 2.79. The summed E-state index contributed by atoms with van der Waals surface area (Å²) in [6, 6.07) is 2.10. The van der Waals surface area contributed by atoms with Crippen LogP contribution in [0.2, 0.25) is 0 Å². The van der Waals surface area contributed by atoms with E-state index in [0.717, 1.165) is 34.1 Å². The summed E-state index contributed by atoms with van der Waals surface area (Å²) in [5.74, 6) is 1.96. The Hall–Kier alpha value is -1.34. The van der Waals surface area contributed by atoms with Gasteiger partial charge in [0, 0.05) is 29.0 Å². The van der Waals surface area contributed by atoms with Gasteiger partial charge in [0.1, 0.15) is 17.0 Å². The highest BCUT2D eigenvalue weighted by molar-refractivity contribution is 7.99. The molecule has 1 N–H and O–H groups in total. The number of rotatable bonds is 3. The second-order valence-electron chi connectivity index (χ2n) is 4.79.